The van der Waals surface area contributed by atoms with Crippen LogP contribution in [0, 0.1) is 5.92 Å². The number of hydrogen-bond acceptors (Lipinski definition) is 5. The highest BCUT2D eigenvalue weighted by molar-refractivity contribution is 7.12. The molecule has 0 radical (unpaired) electrons. The number of carbonyl (C=O) groups excluding carboxylic acids is 4. The molecule has 1 fully saturated rings. The van der Waals surface area contributed by atoms with E-state index in [2.05, 4.69) is 10.6 Å². The molecule has 1 saturated heterocycles. The lowest BCUT2D eigenvalue weighted by Gasteiger charge is -2.28. The Hall–Kier alpha value is -2.80. The highest BCUT2D eigenvalue weighted by atomic mass is 32.1. The number of carbonyl (C=O) groups is 4. The monoisotopic (exact) mass is 342 g/mol. The molecule has 2 N–H and O–H groups in total. The molecule has 0 saturated carbocycles. The van der Waals surface area contributed by atoms with Gasteiger partial charge in [-0.05, 0) is 17.0 Å². The molecule has 122 valence electrons. The van der Waals surface area contributed by atoms with Gasteiger partial charge in [-0.2, -0.15) is 0 Å². The number of urea groups is 1. The lowest BCUT2D eigenvalue weighted by molar-refractivity contribution is -0.136. The molecule has 1 aromatic carbocycles. The van der Waals surface area contributed by atoms with Crippen LogP contribution in [0.25, 0.3) is 0 Å². The molecule has 3 rings (SSSR count). The van der Waals surface area contributed by atoms with E-state index < -0.39 is 29.7 Å². The van der Waals surface area contributed by atoms with E-state index in [1.165, 1.54) is 11.3 Å². The van der Waals surface area contributed by atoms with Gasteiger partial charge in [0.2, 0.25) is 11.8 Å². The van der Waals surface area contributed by atoms with Crippen LogP contribution in [-0.2, 0) is 9.59 Å². The first kappa shape index (κ1) is 16.1. The first-order valence-electron chi connectivity index (χ1n) is 7.33. The van der Waals surface area contributed by atoms with Crippen LogP contribution in [0.2, 0.25) is 0 Å². The van der Waals surface area contributed by atoms with Gasteiger partial charge in [-0.3, -0.25) is 25.0 Å². The number of ketones is 1. The Kier molecular flexibility index (Phi) is 4.52. The minimum atomic E-state index is -1.13. The fourth-order valence-electron chi connectivity index (χ4n) is 2.76. The number of amides is 4. The van der Waals surface area contributed by atoms with Gasteiger partial charge in [0.05, 0.1) is 4.88 Å². The van der Waals surface area contributed by atoms with Crippen molar-refractivity contribution in [2.24, 2.45) is 5.92 Å². The Morgan fingerprint density at radius 2 is 1.67 bits per heavy atom. The maximum Gasteiger partial charge on any atom is 0.328 e. The van der Waals surface area contributed by atoms with Crippen molar-refractivity contribution in [2.75, 3.05) is 0 Å². The summed E-state index contributed by atoms with van der Waals surface area (Å²) in [5.41, 5.74) is 0.701. The first-order valence-corrected chi connectivity index (χ1v) is 8.21. The molecule has 24 heavy (non-hydrogen) atoms. The minimum absolute atomic E-state index is 0.00419. The second-order valence-corrected chi connectivity index (χ2v) is 6.35. The maximum atomic E-state index is 12.5. The summed E-state index contributed by atoms with van der Waals surface area (Å²) in [5.74, 6) is -3.28. The molecule has 6 nitrogen and oxygen atoms in total. The summed E-state index contributed by atoms with van der Waals surface area (Å²) in [5, 5.41) is 5.99. The van der Waals surface area contributed by atoms with E-state index in [1.54, 1.807) is 41.8 Å². The normalized spacial score (nSPS) is 16.4. The van der Waals surface area contributed by atoms with Crippen molar-refractivity contribution >= 4 is 35.0 Å². The predicted molar refractivity (Wildman–Crippen MR) is 87.6 cm³/mol. The van der Waals surface area contributed by atoms with Crippen LogP contribution in [0.5, 0.6) is 0 Å². The van der Waals surface area contributed by atoms with Crippen LogP contribution in [0.15, 0.2) is 47.8 Å². The molecule has 0 spiro atoms. The van der Waals surface area contributed by atoms with Crippen LogP contribution >= 0.6 is 11.3 Å². The second-order valence-electron chi connectivity index (χ2n) is 5.41. The second kappa shape index (κ2) is 6.76. The van der Waals surface area contributed by atoms with Crippen LogP contribution in [-0.4, -0.2) is 23.6 Å². The van der Waals surface area contributed by atoms with E-state index in [0.717, 1.165) is 0 Å². The molecule has 1 atom stereocenters. The highest BCUT2D eigenvalue weighted by Gasteiger charge is 2.41. The molecule has 0 bridgehead atoms. The van der Waals surface area contributed by atoms with Gasteiger partial charge in [0.1, 0.15) is 5.92 Å². The van der Waals surface area contributed by atoms with Crippen molar-refractivity contribution in [3.8, 4) is 0 Å². The summed E-state index contributed by atoms with van der Waals surface area (Å²) >= 11 is 1.31. The molecular formula is C17H14N2O4S. The Bertz CT molecular complexity index is 766. The summed E-state index contributed by atoms with van der Waals surface area (Å²) in [4.78, 5) is 48.7. The number of benzene rings is 1. The molecule has 1 aliphatic rings. The average molecular weight is 342 g/mol. The van der Waals surface area contributed by atoms with E-state index in [9.17, 15) is 19.2 Å². The molecular weight excluding hydrogens is 328 g/mol. The van der Waals surface area contributed by atoms with Crippen molar-refractivity contribution in [1.82, 2.24) is 10.6 Å². The molecule has 7 heteroatoms. The maximum absolute atomic E-state index is 12.5. The molecule has 4 amide bonds. The zero-order valence-electron chi connectivity index (χ0n) is 12.5. The topological polar surface area (TPSA) is 92.3 Å². The zero-order chi connectivity index (χ0) is 17.1. The van der Waals surface area contributed by atoms with Crippen molar-refractivity contribution in [3.63, 3.8) is 0 Å². The van der Waals surface area contributed by atoms with Gasteiger partial charge in [0.15, 0.2) is 5.78 Å². The van der Waals surface area contributed by atoms with Crippen LogP contribution in [0.4, 0.5) is 4.79 Å². The van der Waals surface area contributed by atoms with E-state index >= 15 is 0 Å². The molecule has 1 unspecified atom stereocenters. The highest BCUT2D eigenvalue weighted by Crippen LogP contribution is 2.32. The van der Waals surface area contributed by atoms with Crippen LogP contribution in [0.1, 0.15) is 27.6 Å². The molecule has 1 aromatic heterocycles. The van der Waals surface area contributed by atoms with E-state index in [-0.39, 0.29) is 12.2 Å². The van der Waals surface area contributed by atoms with Gasteiger partial charge in [-0.15, -0.1) is 11.3 Å². The smallest absolute Gasteiger partial charge is 0.293 e. The Morgan fingerprint density at radius 1 is 1.00 bits per heavy atom. The van der Waals surface area contributed by atoms with Crippen LogP contribution < -0.4 is 10.6 Å². The Labute approximate surface area is 141 Å². The fraction of sp³-hybridized carbons (Fsp3) is 0.176. The molecule has 0 aliphatic carbocycles. The number of Topliss-reactive ketones (excluding diaryl/α,β-unsaturated/α-hetero) is 1. The standard InChI is InChI=1S/C17H14N2O4S/c20-12(13-7-4-8-24-13)9-11(10-5-2-1-3-6-10)14-15(21)18-17(23)19-16(14)22/h1-8,11,14H,9H2,(H2,18,19,21,22,23). The molecule has 1 aliphatic heterocycles. The third kappa shape index (κ3) is 3.26. The summed E-state index contributed by atoms with van der Waals surface area (Å²) in [6.45, 7) is 0. The van der Waals surface area contributed by atoms with Crippen molar-refractivity contribution in [2.45, 2.75) is 12.3 Å². The zero-order valence-corrected chi connectivity index (χ0v) is 13.3. The number of nitrogens with one attached hydrogen (secondary N) is 2. The average Bonchev–Trinajstić information content (AvgIpc) is 3.08. The lowest BCUT2D eigenvalue weighted by Crippen LogP contribution is -2.57. The number of thiophene rings is 1. The number of hydrogen-bond donors (Lipinski definition) is 2. The quantitative estimate of drug-likeness (QED) is 0.643. The van der Waals surface area contributed by atoms with Gasteiger partial charge in [0.25, 0.3) is 0 Å². The third-order valence-electron chi connectivity index (χ3n) is 3.87. The molecule has 2 heterocycles. The number of barbiturate groups is 1. The van der Waals surface area contributed by atoms with E-state index in [0.29, 0.717) is 10.4 Å². The Balaban J connectivity index is 1.93. The van der Waals surface area contributed by atoms with E-state index in [1.807, 2.05) is 6.07 Å². The first-order chi connectivity index (χ1) is 11.6. The van der Waals surface area contributed by atoms with Crippen molar-refractivity contribution < 1.29 is 19.2 Å². The van der Waals surface area contributed by atoms with Gasteiger partial charge < -0.3 is 0 Å². The van der Waals surface area contributed by atoms with Gasteiger partial charge in [-0.1, -0.05) is 36.4 Å². The fourth-order valence-corrected chi connectivity index (χ4v) is 3.44. The SMILES string of the molecule is O=C1NC(=O)C(C(CC(=O)c2cccs2)c2ccccc2)C(=O)N1. The summed E-state index contributed by atoms with van der Waals surface area (Å²) in [6.07, 6.45) is 0.00419. The molecule has 2 aromatic rings. The summed E-state index contributed by atoms with van der Waals surface area (Å²) in [7, 11) is 0. The van der Waals surface area contributed by atoms with Gasteiger partial charge in [-0.25, -0.2) is 4.79 Å². The van der Waals surface area contributed by atoms with Crippen molar-refractivity contribution in [3.05, 3.63) is 58.3 Å². The van der Waals surface area contributed by atoms with E-state index in [4.69, 9.17) is 0 Å². The van der Waals surface area contributed by atoms with Gasteiger partial charge >= 0.3 is 6.03 Å². The number of imide groups is 2. The lowest BCUT2D eigenvalue weighted by atomic mass is 9.80. The van der Waals surface area contributed by atoms with Crippen molar-refractivity contribution in [1.29, 1.82) is 0 Å². The van der Waals surface area contributed by atoms with Crippen LogP contribution in [0.3, 0.4) is 0 Å². The summed E-state index contributed by atoms with van der Waals surface area (Å²) < 4.78 is 0. The Morgan fingerprint density at radius 3 is 2.25 bits per heavy atom. The summed E-state index contributed by atoms with van der Waals surface area (Å²) in [6, 6.07) is 11.5. The third-order valence-corrected chi connectivity index (χ3v) is 4.78. The van der Waals surface area contributed by atoms with Gasteiger partial charge in [0, 0.05) is 12.3 Å². The largest absolute Gasteiger partial charge is 0.328 e. The predicted octanol–water partition coefficient (Wildman–Crippen LogP) is 2.09. The minimum Gasteiger partial charge on any atom is -0.293 e. The number of rotatable bonds is 5.